The number of nitrogens with zero attached hydrogens (tertiary/aromatic N) is 2. The lowest BCUT2D eigenvalue weighted by Gasteiger charge is -2.38. The highest BCUT2D eigenvalue weighted by Crippen LogP contribution is 2.10. The summed E-state index contributed by atoms with van der Waals surface area (Å²) >= 11 is 0. The standard InChI is InChI=1S/C15H31N3O2/c1-5-13(12-19)18-9-7-17(8-10-18)11-14(20)16-15(3,4)6-2/h13,19H,5-12H2,1-4H3,(H,16,20). The van der Waals surface area contributed by atoms with E-state index in [4.69, 9.17) is 0 Å². The Bertz CT molecular complexity index is 295. The van der Waals surface area contributed by atoms with Gasteiger partial charge in [-0.15, -0.1) is 0 Å². The molecule has 1 atom stereocenters. The Kier molecular flexibility index (Phi) is 6.92. The van der Waals surface area contributed by atoms with Crippen LogP contribution in [0.3, 0.4) is 0 Å². The maximum Gasteiger partial charge on any atom is 0.234 e. The van der Waals surface area contributed by atoms with Crippen LogP contribution in [0.1, 0.15) is 40.5 Å². The zero-order chi connectivity index (χ0) is 15.2. The highest BCUT2D eigenvalue weighted by Gasteiger charge is 2.24. The van der Waals surface area contributed by atoms with Gasteiger partial charge in [0.05, 0.1) is 13.2 Å². The lowest BCUT2D eigenvalue weighted by Crippen LogP contribution is -2.54. The number of aliphatic hydroxyl groups excluding tert-OH is 1. The van der Waals surface area contributed by atoms with Crippen LogP contribution in [-0.4, -0.2) is 71.7 Å². The van der Waals surface area contributed by atoms with Crippen molar-refractivity contribution >= 4 is 5.91 Å². The van der Waals surface area contributed by atoms with Crippen molar-refractivity contribution in [3.63, 3.8) is 0 Å². The van der Waals surface area contributed by atoms with Gasteiger partial charge in [0.2, 0.25) is 5.91 Å². The molecule has 1 amide bonds. The number of carbonyl (C=O) groups is 1. The molecule has 0 aliphatic carbocycles. The lowest BCUT2D eigenvalue weighted by molar-refractivity contribution is -0.124. The Morgan fingerprint density at radius 2 is 1.85 bits per heavy atom. The fourth-order valence-corrected chi connectivity index (χ4v) is 2.50. The fourth-order valence-electron chi connectivity index (χ4n) is 2.50. The molecule has 1 rings (SSSR count). The van der Waals surface area contributed by atoms with Gasteiger partial charge in [0, 0.05) is 37.8 Å². The van der Waals surface area contributed by atoms with E-state index in [1.165, 1.54) is 0 Å². The van der Waals surface area contributed by atoms with E-state index in [-0.39, 0.29) is 24.1 Å². The first kappa shape index (κ1) is 17.4. The molecule has 0 aromatic carbocycles. The van der Waals surface area contributed by atoms with Gasteiger partial charge < -0.3 is 10.4 Å². The van der Waals surface area contributed by atoms with E-state index in [1.54, 1.807) is 0 Å². The number of rotatable bonds is 7. The Balaban J connectivity index is 2.34. The second-order valence-corrected chi connectivity index (χ2v) is 6.34. The number of amides is 1. The lowest BCUT2D eigenvalue weighted by atomic mass is 10.0. The van der Waals surface area contributed by atoms with Gasteiger partial charge in [0.25, 0.3) is 0 Å². The van der Waals surface area contributed by atoms with Crippen LogP contribution >= 0.6 is 0 Å². The van der Waals surface area contributed by atoms with Crippen LogP contribution in [0, 0.1) is 0 Å². The second-order valence-electron chi connectivity index (χ2n) is 6.34. The van der Waals surface area contributed by atoms with Crippen LogP contribution in [0.25, 0.3) is 0 Å². The van der Waals surface area contributed by atoms with Crippen molar-refractivity contribution in [3.05, 3.63) is 0 Å². The SMILES string of the molecule is CCC(CO)N1CCN(CC(=O)NC(C)(C)CC)CC1. The van der Waals surface area contributed by atoms with Gasteiger partial charge in [-0.25, -0.2) is 0 Å². The molecule has 1 aliphatic heterocycles. The van der Waals surface area contributed by atoms with Crippen LogP contribution in [0.2, 0.25) is 0 Å². The first-order valence-corrected chi connectivity index (χ1v) is 7.80. The van der Waals surface area contributed by atoms with Crippen LogP contribution < -0.4 is 5.32 Å². The van der Waals surface area contributed by atoms with Gasteiger partial charge in [-0.2, -0.15) is 0 Å². The zero-order valence-electron chi connectivity index (χ0n) is 13.5. The topological polar surface area (TPSA) is 55.8 Å². The second kappa shape index (κ2) is 7.96. The predicted molar refractivity (Wildman–Crippen MR) is 81.7 cm³/mol. The number of nitrogens with one attached hydrogen (secondary N) is 1. The summed E-state index contributed by atoms with van der Waals surface area (Å²) in [5.74, 6) is 0.111. The average molecular weight is 285 g/mol. The van der Waals surface area contributed by atoms with Crippen molar-refractivity contribution in [2.75, 3.05) is 39.3 Å². The quantitative estimate of drug-likeness (QED) is 0.722. The number of hydrogen-bond donors (Lipinski definition) is 2. The monoisotopic (exact) mass is 285 g/mol. The Labute approximate surface area is 123 Å². The van der Waals surface area contributed by atoms with Crippen molar-refractivity contribution in [1.82, 2.24) is 15.1 Å². The molecule has 1 heterocycles. The zero-order valence-corrected chi connectivity index (χ0v) is 13.5. The fraction of sp³-hybridized carbons (Fsp3) is 0.933. The summed E-state index contributed by atoms with van der Waals surface area (Å²) in [4.78, 5) is 16.5. The third kappa shape index (κ3) is 5.38. The van der Waals surface area contributed by atoms with Crippen molar-refractivity contribution < 1.29 is 9.90 Å². The molecule has 118 valence electrons. The highest BCUT2D eigenvalue weighted by molar-refractivity contribution is 5.78. The number of carbonyl (C=O) groups excluding carboxylic acids is 1. The molecule has 0 spiro atoms. The molecule has 5 heteroatoms. The minimum absolute atomic E-state index is 0.111. The molecule has 5 nitrogen and oxygen atoms in total. The molecule has 20 heavy (non-hydrogen) atoms. The van der Waals surface area contributed by atoms with Gasteiger partial charge in [-0.05, 0) is 26.7 Å². The van der Waals surface area contributed by atoms with Crippen LogP contribution in [0.4, 0.5) is 0 Å². The van der Waals surface area contributed by atoms with Crippen LogP contribution in [0.5, 0.6) is 0 Å². The summed E-state index contributed by atoms with van der Waals surface area (Å²) in [7, 11) is 0. The molecule has 1 fully saturated rings. The maximum absolute atomic E-state index is 12.0. The van der Waals surface area contributed by atoms with Gasteiger partial charge in [0.1, 0.15) is 0 Å². The van der Waals surface area contributed by atoms with E-state index in [0.717, 1.165) is 39.0 Å². The Morgan fingerprint density at radius 3 is 2.30 bits per heavy atom. The van der Waals surface area contributed by atoms with E-state index in [2.05, 4.69) is 42.8 Å². The molecule has 1 aliphatic rings. The summed E-state index contributed by atoms with van der Waals surface area (Å²) in [5.41, 5.74) is -0.122. The normalized spacial score (nSPS) is 19.9. The minimum Gasteiger partial charge on any atom is -0.395 e. The van der Waals surface area contributed by atoms with E-state index in [9.17, 15) is 9.90 Å². The van der Waals surface area contributed by atoms with Crippen molar-refractivity contribution in [1.29, 1.82) is 0 Å². The van der Waals surface area contributed by atoms with Gasteiger partial charge in [-0.1, -0.05) is 13.8 Å². The van der Waals surface area contributed by atoms with E-state index < -0.39 is 0 Å². The molecule has 2 N–H and O–H groups in total. The van der Waals surface area contributed by atoms with Crippen molar-refractivity contribution in [3.8, 4) is 0 Å². The number of piperazine rings is 1. The summed E-state index contributed by atoms with van der Waals surface area (Å²) in [6, 6.07) is 0.269. The molecule has 0 bridgehead atoms. The third-order valence-corrected chi connectivity index (χ3v) is 4.33. The number of hydrogen-bond acceptors (Lipinski definition) is 4. The van der Waals surface area contributed by atoms with Crippen LogP contribution in [0.15, 0.2) is 0 Å². The van der Waals surface area contributed by atoms with Gasteiger partial charge >= 0.3 is 0 Å². The largest absolute Gasteiger partial charge is 0.395 e. The van der Waals surface area contributed by atoms with Crippen molar-refractivity contribution in [2.45, 2.75) is 52.1 Å². The van der Waals surface area contributed by atoms with E-state index >= 15 is 0 Å². The Morgan fingerprint density at radius 1 is 1.25 bits per heavy atom. The number of aliphatic hydroxyl groups is 1. The predicted octanol–water partition coefficient (Wildman–Crippen LogP) is 0.680. The molecule has 0 radical (unpaired) electrons. The molecule has 0 aromatic rings. The first-order chi connectivity index (χ1) is 9.41. The van der Waals surface area contributed by atoms with Gasteiger partial charge in [0.15, 0.2) is 0 Å². The summed E-state index contributed by atoms with van der Waals surface area (Å²) in [6.07, 6.45) is 1.91. The summed E-state index contributed by atoms with van der Waals surface area (Å²) < 4.78 is 0. The van der Waals surface area contributed by atoms with E-state index in [1.807, 2.05) is 0 Å². The van der Waals surface area contributed by atoms with Crippen molar-refractivity contribution in [2.24, 2.45) is 0 Å². The smallest absolute Gasteiger partial charge is 0.234 e. The molecule has 0 aromatic heterocycles. The minimum atomic E-state index is -0.122. The highest BCUT2D eigenvalue weighted by atomic mass is 16.3. The van der Waals surface area contributed by atoms with E-state index in [0.29, 0.717) is 6.54 Å². The molecular formula is C15H31N3O2. The van der Waals surface area contributed by atoms with Crippen LogP contribution in [-0.2, 0) is 4.79 Å². The molecule has 1 unspecified atom stereocenters. The summed E-state index contributed by atoms with van der Waals surface area (Å²) in [6.45, 7) is 12.7. The maximum atomic E-state index is 12.0. The third-order valence-electron chi connectivity index (χ3n) is 4.33. The summed E-state index contributed by atoms with van der Waals surface area (Å²) in [5, 5.41) is 12.4. The molecular weight excluding hydrogens is 254 g/mol. The van der Waals surface area contributed by atoms with Gasteiger partial charge in [-0.3, -0.25) is 14.6 Å². The average Bonchev–Trinajstić information content (AvgIpc) is 2.41. The molecule has 1 saturated heterocycles. The molecule has 0 saturated carbocycles. The Hall–Kier alpha value is -0.650. The first-order valence-electron chi connectivity index (χ1n) is 7.80.